The van der Waals surface area contributed by atoms with Crippen LogP contribution >= 0.6 is 0 Å². The second kappa shape index (κ2) is 4.18. The van der Waals surface area contributed by atoms with E-state index in [1.807, 2.05) is 13.0 Å². The SMILES string of the molecule is Cc1ccc(Cc2ccccc2)cc1N. The van der Waals surface area contributed by atoms with Gasteiger partial charge in [-0.15, -0.1) is 0 Å². The molecule has 0 bridgehead atoms. The minimum atomic E-state index is 0.878. The standard InChI is InChI=1S/C14H15N/c1-11-7-8-13(10-14(11)15)9-12-5-3-2-4-6-12/h2-8,10H,9,15H2,1H3. The number of hydrogen-bond acceptors (Lipinski definition) is 1. The molecular formula is C14H15N. The second-order valence-corrected chi connectivity index (χ2v) is 3.85. The van der Waals surface area contributed by atoms with Gasteiger partial charge in [-0.05, 0) is 36.1 Å². The monoisotopic (exact) mass is 197 g/mol. The fraction of sp³-hybridized carbons (Fsp3) is 0.143. The Bertz CT molecular complexity index is 446. The lowest BCUT2D eigenvalue weighted by Gasteiger charge is -2.05. The largest absolute Gasteiger partial charge is 0.399 e. The summed E-state index contributed by atoms with van der Waals surface area (Å²) in [4.78, 5) is 0. The lowest BCUT2D eigenvalue weighted by molar-refractivity contribution is 1.19. The fourth-order valence-electron chi connectivity index (χ4n) is 1.63. The van der Waals surface area contributed by atoms with E-state index in [-0.39, 0.29) is 0 Å². The molecule has 0 aliphatic carbocycles. The number of benzene rings is 2. The van der Waals surface area contributed by atoms with Crippen LogP contribution < -0.4 is 5.73 Å². The first-order chi connectivity index (χ1) is 7.25. The van der Waals surface area contributed by atoms with Crippen molar-refractivity contribution in [2.75, 3.05) is 5.73 Å². The van der Waals surface area contributed by atoms with Crippen molar-refractivity contribution in [2.45, 2.75) is 13.3 Å². The molecule has 0 radical (unpaired) electrons. The molecule has 0 spiro atoms. The van der Waals surface area contributed by atoms with Gasteiger partial charge in [-0.2, -0.15) is 0 Å². The van der Waals surface area contributed by atoms with Gasteiger partial charge in [-0.3, -0.25) is 0 Å². The molecular weight excluding hydrogens is 182 g/mol. The Hall–Kier alpha value is -1.76. The van der Waals surface area contributed by atoms with Crippen LogP contribution in [0.15, 0.2) is 48.5 Å². The summed E-state index contributed by atoms with van der Waals surface area (Å²) < 4.78 is 0. The Morgan fingerprint density at radius 3 is 2.33 bits per heavy atom. The highest BCUT2D eigenvalue weighted by Gasteiger charge is 1.98. The van der Waals surface area contributed by atoms with E-state index in [1.165, 1.54) is 11.1 Å². The molecule has 2 rings (SSSR count). The first kappa shape index (κ1) is 9.78. The second-order valence-electron chi connectivity index (χ2n) is 3.85. The number of aryl methyl sites for hydroxylation is 1. The first-order valence-corrected chi connectivity index (χ1v) is 5.14. The Kier molecular flexibility index (Phi) is 2.72. The zero-order chi connectivity index (χ0) is 10.7. The van der Waals surface area contributed by atoms with E-state index in [9.17, 15) is 0 Å². The molecule has 0 aromatic heterocycles. The van der Waals surface area contributed by atoms with E-state index in [0.717, 1.165) is 17.7 Å². The minimum absolute atomic E-state index is 0.878. The van der Waals surface area contributed by atoms with Crippen LogP contribution in [0.4, 0.5) is 5.69 Å². The highest BCUT2D eigenvalue weighted by atomic mass is 14.5. The quantitative estimate of drug-likeness (QED) is 0.735. The van der Waals surface area contributed by atoms with E-state index in [0.29, 0.717) is 0 Å². The predicted molar refractivity (Wildman–Crippen MR) is 64.8 cm³/mol. The number of rotatable bonds is 2. The van der Waals surface area contributed by atoms with E-state index in [2.05, 4.69) is 42.5 Å². The number of hydrogen-bond donors (Lipinski definition) is 1. The highest BCUT2D eigenvalue weighted by Crippen LogP contribution is 2.15. The predicted octanol–water partition coefficient (Wildman–Crippen LogP) is 3.17. The Labute approximate surface area is 90.6 Å². The van der Waals surface area contributed by atoms with E-state index < -0.39 is 0 Å². The number of nitrogens with two attached hydrogens (primary N) is 1. The van der Waals surface area contributed by atoms with Gasteiger partial charge in [0, 0.05) is 5.69 Å². The van der Waals surface area contributed by atoms with E-state index in [4.69, 9.17) is 5.73 Å². The lowest BCUT2D eigenvalue weighted by atomic mass is 10.0. The third-order valence-corrected chi connectivity index (χ3v) is 2.59. The molecule has 0 amide bonds. The van der Waals surface area contributed by atoms with Crippen molar-refractivity contribution < 1.29 is 0 Å². The summed E-state index contributed by atoms with van der Waals surface area (Å²) in [5.41, 5.74) is 10.5. The van der Waals surface area contributed by atoms with Gasteiger partial charge in [0.25, 0.3) is 0 Å². The number of anilines is 1. The molecule has 0 saturated heterocycles. The van der Waals surface area contributed by atoms with Crippen molar-refractivity contribution in [3.63, 3.8) is 0 Å². The average molecular weight is 197 g/mol. The Morgan fingerprint density at radius 1 is 0.933 bits per heavy atom. The van der Waals surface area contributed by atoms with Crippen LogP contribution in [-0.2, 0) is 6.42 Å². The van der Waals surface area contributed by atoms with Gasteiger partial charge in [0.1, 0.15) is 0 Å². The van der Waals surface area contributed by atoms with Gasteiger partial charge in [0.15, 0.2) is 0 Å². The number of nitrogen functional groups attached to an aromatic ring is 1. The molecule has 0 saturated carbocycles. The molecule has 76 valence electrons. The van der Waals surface area contributed by atoms with Crippen molar-refractivity contribution >= 4 is 5.69 Å². The minimum Gasteiger partial charge on any atom is -0.399 e. The van der Waals surface area contributed by atoms with Gasteiger partial charge >= 0.3 is 0 Å². The van der Waals surface area contributed by atoms with Crippen molar-refractivity contribution in [1.82, 2.24) is 0 Å². The Balaban J connectivity index is 2.22. The normalized spacial score (nSPS) is 10.2. The fourth-order valence-corrected chi connectivity index (χ4v) is 1.63. The molecule has 2 N–H and O–H groups in total. The third-order valence-electron chi connectivity index (χ3n) is 2.59. The van der Waals surface area contributed by atoms with Gasteiger partial charge in [0.05, 0.1) is 0 Å². The molecule has 2 aromatic carbocycles. The molecule has 15 heavy (non-hydrogen) atoms. The smallest absolute Gasteiger partial charge is 0.0346 e. The molecule has 0 unspecified atom stereocenters. The maximum atomic E-state index is 5.87. The van der Waals surface area contributed by atoms with Crippen LogP contribution in [0.1, 0.15) is 16.7 Å². The molecule has 1 nitrogen and oxygen atoms in total. The average Bonchev–Trinajstić information content (AvgIpc) is 2.25. The van der Waals surface area contributed by atoms with Crippen LogP contribution in [0, 0.1) is 6.92 Å². The molecule has 0 atom stereocenters. The third kappa shape index (κ3) is 2.38. The zero-order valence-electron chi connectivity index (χ0n) is 8.90. The summed E-state index contributed by atoms with van der Waals surface area (Å²) >= 11 is 0. The summed E-state index contributed by atoms with van der Waals surface area (Å²) in [6.07, 6.45) is 0.950. The molecule has 0 aliphatic heterocycles. The summed E-state index contributed by atoms with van der Waals surface area (Å²) in [6, 6.07) is 16.7. The zero-order valence-corrected chi connectivity index (χ0v) is 8.90. The summed E-state index contributed by atoms with van der Waals surface area (Å²) in [7, 11) is 0. The van der Waals surface area contributed by atoms with Crippen LogP contribution in [0.3, 0.4) is 0 Å². The molecule has 1 heteroatoms. The maximum absolute atomic E-state index is 5.87. The molecule has 0 fully saturated rings. The van der Waals surface area contributed by atoms with Crippen LogP contribution in [0.5, 0.6) is 0 Å². The summed E-state index contributed by atoms with van der Waals surface area (Å²) in [6.45, 7) is 2.03. The Morgan fingerprint density at radius 2 is 1.67 bits per heavy atom. The van der Waals surface area contributed by atoms with Crippen molar-refractivity contribution in [1.29, 1.82) is 0 Å². The van der Waals surface area contributed by atoms with E-state index >= 15 is 0 Å². The molecule has 2 aromatic rings. The first-order valence-electron chi connectivity index (χ1n) is 5.14. The van der Waals surface area contributed by atoms with Crippen LogP contribution in [0.25, 0.3) is 0 Å². The van der Waals surface area contributed by atoms with Crippen molar-refractivity contribution in [2.24, 2.45) is 0 Å². The maximum Gasteiger partial charge on any atom is 0.0346 e. The molecule has 0 heterocycles. The van der Waals surface area contributed by atoms with Gasteiger partial charge in [0.2, 0.25) is 0 Å². The van der Waals surface area contributed by atoms with E-state index in [1.54, 1.807) is 0 Å². The summed E-state index contributed by atoms with van der Waals surface area (Å²) in [5.74, 6) is 0. The summed E-state index contributed by atoms with van der Waals surface area (Å²) in [5, 5.41) is 0. The van der Waals surface area contributed by atoms with Crippen LogP contribution in [-0.4, -0.2) is 0 Å². The van der Waals surface area contributed by atoms with Gasteiger partial charge in [-0.25, -0.2) is 0 Å². The molecule has 0 aliphatic rings. The van der Waals surface area contributed by atoms with Crippen molar-refractivity contribution in [3.05, 3.63) is 65.2 Å². The van der Waals surface area contributed by atoms with Crippen LogP contribution in [0.2, 0.25) is 0 Å². The van der Waals surface area contributed by atoms with Gasteiger partial charge in [-0.1, -0.05) is 42.5 Å². The lowest BCUT2D eigenvalue weighted by Crippen LogP contribution is -1.93. The van der Waals surface area contributed by atoms with Crippen molar-refractivity contribution in [3.8, 4) is 0 Å². The topological polar surface area (TPSA) is 26.0 Å². The highest BCUT2D eigenvalue weighted by molar-refractivity contribution is 5.49. The van der Waals surface area contributed by atoms with Gasteiger partial charge < -0.3 is 5.73 Å².